The van der Waals surface area contributed by atoms with Crippen molar-refractivity contribution in [3.8, 4) is 5.75 Å². The van der Waals surface area contributed by atoms with E-state index in [0.717, 1.165) is 59.0 Å². The fourth-order valence-electron chi connectivity index (χ4n) is 5.22. The summed E-state index contributed by atoms with van der Waals surface area (Å²) in [6.07, 6.45) is -2.88. The molecule has 1 aromatic heterocycles. The van der Waals surface area contributed by atoms with Crippen molar-refractivity contribution in [3.05, 3.63) is 76.1 Å². The van der Waals surface area contributed by atoms with Crippen LogP contribution in [0.4, 0.5) is 18.9 Å². The molecule has 8 nitrogen and oxygen atoms in total. The molecule has 2 aromatic carbocycles. The molecular weight excluding hydrogens is 557 g/mol. The fraction of sp³-hybridized carbons (Fsp3) is 0.345. The van der Waals surface area contributed by atoms with Gasteiger partial charge < -0.3 is 24.8 Å². The molecule has 3 heterocycles. The topological polar surface area (TPSA) is 94.7 Å². The molecule has 2 aliphatic rings. The van der Waals surface area contributed by atoms with Crippen LogP contribution in [-0.2, 0) is 15.6 Å². The zero-order valence-electron chi connectivity index (χ0n) is 22.9. The summed E-state index contributed by atoms with van der Waals surface area (Å²) in [5.41, 5.74) is 5.81. The average Bonchev–Trinajstić information content (AvgIpc) is 3.43. The largest absolute Gasteiger partial charge is 0.573 e. The van der Waals surface area contributed by atoms with Gasteiger partial charge in [-0.25, -0.2) is 8.42 Å². The number of sulfone groups is 1. The van der Waals surface area contributed by atoms with E-state index in [4.69, 9.17) is 0 Å². The molecule has 0 unspecified atom stereocenters. The Morgan fingerprint density at radius 3 is 2.39 bits per heavy atom. The van der Waals surface area contributed by atoms with Gasteiger partial charge in [0.05, 0.1) is 16.2 Å². The molecular formula is C29H31F3N4O4S. The molecule has 5 rings (SSSR count). The van der Waals surface area contributed by atoms with Crippen LogP contribution in [-0.4, -0.2) is 75.2 Å². The summed E-state index contributed by atoms with van der Waals surface area (Å²) in [4.78, 5) is 20.8. The van der Waals surface area contributed by atoms with Gasteiger partial charge in [0.1, 0.15) is 5.75 Å². The second-order valence-electron chi connectivity index (χ2n) is 10.4. The lowest BCUT2D eigenvalue weighted by Gasteiger charge is -2.32. The van der Waals surface area contributed by atoms with Crippen molar-refractivity contribution in [2.24, 2.45) is 0 Å². The Balaban J connectivity index is 1.37. The molecule has 1 fully saturated rings. The first-order valence-electron chi connectivity index (χ1n) is 13.1. The van der Waals surface area contributed by atoms with Gasteiger partial charge >= 0.3 is 6.36 Å². The number of rotatable bonds is 6. The number of fused-ring (bicyclic) bond motifs is 1. The number of aryl methyl sites for hydroxylation is 1. The number of piperazine rings is 1. The molecule has 0 atom stereocenters. The normalized spacial score (nSPS) is 17.0. The number of carbonyl (C=O) groups excluding carboxylic acids is 1. The van der Waals surface area contributed by atoms with E-state index < -0.39 is 21.9 Å². The van der Waals surface area contributed by atoms with E-state index in [9.17, 15) is 26.4 Å². The lowest BCUT2D eigenvalue weighted by molar-refractivity contribution is -0.274. The van der Waals surface area contributed by atoms with Gasteiger partial charge in [-0.1, -0.05) is 12.1 Å². The van der Waals surface area contributed by atoms with E-state index in [-0.39, 0.29) is 16.6 Å². The number of nitrogens with zero attached hydrogens (tertiary/aromatic N) is 2. The summed E-state index contributed by atoms with van der Waals surface area (Å²) in [5.74, 6) is -0.789. The van der Waals surface area contributed by atoms with E-state index in [1.165, 1.54) is 18.2 Å². The standard InChI is InChI=1S/C29H31F3N4O4S/c1-18-26(34-19(2)27(18)28(37)36-12-10-35(3)11-13-36)14-21-16-33-25-9-8-23(15-24(21)25)41(38,39)17-20-4-6-22(7-5-20)40-29(30,31)32/h4-9,14-15,33-34H,10-13,16-17H2,1-3H3/b21-14+. The third kappa shape index (κ3) is 6.28. The number of carbonyl (C=O) groups is 1. The third-order valence-corrected chi connectivity index (χ3v) is 9.16. The molecule has 2 aliphatic heterocycles. The third-order valence-electron chi connectivity index (χ3n) is 7.48. The highest BCUT2D eigenvalue weighted by Gasteiger charge is 2.31. The maximum Gasteiger partial charge on any atom is 0.573 e. The monoisotopic (exact) mass is 588 g/mol. The Hall–Kier alpha value is -3.77. The van der Waals surface area contributed by atoms with Gasteiger partial charge in [-0.3, -0.25) is 4.79 Å². The molecule has 1 saturated heterocycles. The molecule has 0 aliphatic carbocycles. The van der Waals surface area contributed by atoms with E-state index in [1.807, 2.05) is 31.9 Å². The van der Waals surface area contributed by atoms with Crippen LogP contribution < -0.4 is 10.1 Å². The number of alkyl halides is 3. The Labute approximate surface area is 236 Å². The SMILES string of the molecule is Cc1[nH]c(/C=C2\CNc3ccc(S(=O)(=O)Cc4ccc(OC(F)(F)F)cc4)cc32)c(C)c1C(=O)N1CCN(C)CC1. The summed E-state index contributed by atoms with van der Waals surface area (Å²) in [5, 5.41) is 3.28. The van der Waals surface area contributed by atoms with Gasteiger partial charge in [0.2, 0.25) is 0 Å². The number of likely N-dealkylation sites (N-methyl/N-ethyl adjacent to an activating group) is 1. The number of anilines is 1. The molecule has 2 N–H and O–H groups in total. The number of aromatic nitrogens is 1. The van der Waals surface area contributed by atoms with E-state index in [2.05, 4.69) is 19.9 Å². The lowest BCUT2D eigenvalue weighted by Crippen LogP contribution is -2.47. The van der Waals surface area contributed by atoms with Gasteiger partial charge in [0, 0.05) is 55.4 Å². The van der Waals surface area contributed by atoms with Crippen LogP contribution in [0.2, 0.25) is 0 Å². The average molecular weight is 589 g/mol. The summed E-state index contributed by atoms with van der Waals surface area (Å²) in [6.45, 7) is 7.29. The maximum atomic E-state index is 13.3. The van der Waals surface area contributed by atoms with Gasteiger partial charge in [-0.2, -0.15) is 0 Å². The van der Waals surface area contributed by atoms with Crippen LogP contribution in [0, 0.1) is 13.8 Å². The smallest absolute Gasteiger partial charge is 0.406 e. The van der Waals surface area contributed by atoms with Gasteiger partial charge in [-0.15, -0.1) is 13.2 Å². The second-order valence-corrected chi connectivity index (χ2v) is 12.4. The van der Waals surface area contributed by atoms with Crippen molar-refractivity contribution in [1.82, 2.24) is 14.8 Å². The summed E-state index contributed by atoms with van der Waals surface area (Å²) < 4.78 is 67.6. The van der Waals surface area contributed by atoms with Crippen molar-refractivity contribution in [2.45, 2.75) is 30.9 Å². The van der Waals surface area contributed by atoms with Crippen LogP contribution in [0.3, 0.4) is 0 Å². The molecule has 218 valence electrons. The Morgan fingerprint density at radius 1 is 1.05 bits per heavy atom. The lowest BCUT2D eigenvalue weighted by atomic mass is 10.0. The molecule has 0 spiro atoms. The number of H-pyrrole nitrogens is 1. The van der Waals surface area contributed by atoms with Crippen molar-refractivity contribution >= 4 is 33.1 Å². The van der Waals surface area contributed by atoms with Crippen molar-refractivity contribution < 1.29 is 31.1 Å². The van der Waals surface area contributed by atoms with Crippen LogP contribution >= 0.6 is 0 Å². The number of ether oxygens (including phenoxy) is 1. The quantitative estimate of drug-likeness (QED) is 0.427. The number of halogens is 3. The van der Waals surface area contributed by atoms with Crippen LogP contribution in [0.15, 0.2) is 47.4 Å². The predicted octanol–water partition coefficient (Wildman–Crippen LogP) is 4.86. The van der Waals surface area contributed by atoms with E-state index in [0.29, 0.717) is 30.8 Å². The minimum Gasteiger partial charge on any atom is -0.406 e. The first kappa shape index (κ1) is 28.7. The van der Waals surface area contributed by atoms with E-state index >= 15 is 0 Å². The van der Waals surface area contributed by atoms with Gasteiger partial charge in [0.25, 0.3) is 5.91 Å². The second kappa shape index (κ2) is 10.9. The first-order valence-corrected chi connectivity index (χ1v) is 14.8. The molecule has 12 heteroatoms. The molecule has 0 radical (unpaired) electrons. The van der Waals surface area contributed by atoms with E-state index in [1.54, 1.807) is 12.1 Å². The number of aromatic amines is 1. The van der Waals surface area contributed by atoms with Gasteiger partial charge in [0.15, 0.2) is 9.84 Å². The molecule has 0 bridgehead atoms. The van der Waals surface area contributed by atoms with Crippen LogP contribution in [0.25, 0.3) is 11.6 Å². The Morgan fingerprint density at radius 2 is 1.73 bits per heavy atom. The molecule has 41 heavy (non-hydrogen) atoms. The number of hydrogen-bond donors (Lipinski definition) is 2. The summed E-state index contributed by atoms with van der Waals surface area (Å²) in [7, 11) is -1.76. The highest BCUT2D eigenvalue weighted by atomic mass is 32.2. The highest BCUT2D eigenvalue weighted by molar-refractivity contribution is 7.90. The number of hydrogen-bond acceptors (Lipinski definition) is 6. The zero-order chi connectivity index (χ0) is 29.5. The van der Waals surface area contributed by atoms with Crippen molar-refractivity contribution in [1.29, 1.82) is 0 Å². The molecule has 0 saturated carbocycles. The predicted molar refractivity (Wildman–Crippen MR) is 150 cm³/mol. The molecule has 3 aromatic rings. The van der Waals surface area contributed by atoms with Gasteiger partial charge in [-0.05, 0) is 74.0 Å². The fourth-order valence-corrected chi connectivity index (χ4v) is 6.59. The first-order chi connectivity index (χ1) is 19.3. The van der Waals surface area contributed by atoms with Crippen LogP contribution in [0.5, 0.6) is 5.75 Å². The van der Waals surface area contributed by atoms with Crippen molar-refractivity contribution in [3.63, 3.8) is 0 Å². The summed E-state index contributed by atoms with van der Waals surface area (Å²) in [6, 6.07) is 9.62. The molecule has 1 amide bonds. The summed E-state index contributed by atoms with van der Waals surface area (Å²) >= 11 is 0. The maximum absolute atomic E-state index is 13.3. The Kier molecular flexibility index (Phi) is 7.64. The number of benzene rings is 2. The zero-order valence-corrected chi connectivity index (χ0v) is 23.7. The number of nitrogens with one attached hydrogen (secondary N) is 2. The highest BCUT2D eigenvalue weighted by Crippen LogP contribution is 2.35. The Bertz CT molecular complexity index is 1600. The minimum absolute atomic E-state index is 0.00493. The number of amides is 1. The van der Waals surface area contributed by atoms with Crippen molar-refractivity contribution in [2.75, 3.05) is 45.1 Å². The minimum atomic E-state index is -4.82. The van der Waals surface area contributed by atoms with Crippen LogP contribution in [0.1, 0.15) is 38.4 Å².